The number of hydrogen-bond acceptors (Lipinski definition) is 5. The van der Waals surface area contributed by atoms with Crippen molar-refractivity contribution in [2.45, 2.75) is 13.0 Å². The summed E-state index contributed by atoms with van der Waals surface area (Å²) in [6, 6.07) is 11.0. The van der Waals surface area contributed by atoms with Gasteiger partial charge in [-0.05, 0) is 37.6 Å². The highest BCUT2D eigenvalue weighted by atomic mass is 32.1. The van der Waals surface area contributed by atoms with Gasteiger partial charge in [-0.2, -0.15) is 0 Å². The third-order valence-corrected chi connectivity index (χ3v) is 4.66. The van der Waals surface area contributed by atoms with Gasteiger partial charge in [0.05, 0.1) is 24.9 Å². The van der Waals surface area contributed by atoms with E-state index in [1.165, 1.54) is 12.0 Å². The number of nitrogens with zero attached hydrogens (tertiary/aromatic N) is 1. The number of amides is 1. The van der Waals surface area contributed by atoms with Gasteiger partial charge in [0, 0.05) is 10.9 Å². The van der Waals surface area contributed by atoms with E-state index >= 15 is 0 Å². The van der Waals surface area contributed by atoms with E-state index in [2.05, 4.69) is 18.3 Å². The van der Waals surface area contributed by atoms with Crippen molar-refractivity contribution in [3.63, 3.8) is 0 Å². The van der Waals surface area contributed by atoms with Gasteiger partial charge >= 0.3 is 5.97 Å². The molecule has 2 aromatic rings. The molecule has 0 aliphatic heterocycles. The lowest BCUT2D eigenvalue weighted by molar-refractivity contribution is -0.117. The Morgan fingerprint density at radius 3 is 2.65 bits per heavy atom. The number of nitrogens with one attached hydrogen (secondary N) is 1. The van der Waals surface area contributed by atoms with Crippen molar-refractivity contribution in [3.05, 3.63) is 52.2 Å². The van der Waals surface area contributed by atoms with Gasteiger partial charge in [0.1, 0.15) is 0 Å². The van der Waals surface area contributed by atoms with Crippen molar-refractivity contribution in [2.75, 3.05) is 26.0 Å². The maximum Gasteiger partial charge on any atom is 0.339 e. The Kier molecular flexibility index (Phi) is 5.90. The van der Waals surface area contributed by atoms with Gasteiger partial charge in [0.25, 0.3) is 0 Å². The number of esters is 1. The number of ether oxygens (including phenoxy) is 1. The summed E-state index contributed by atoms with van der Waals surface area (Å²) in [5.74, 6) is -0.645. The number of carbonyl (C=O) groups excluding carboxylic acids is 2. The van der Waals surface area contributed by atoms with Crippen molar-refractivity contribution in [3.8, 4) is 0 Å². The summed E-state index contributed by atoms with van der Waals surface area (Å²) in [6.45, 7) is 2.29. The monoisotopic (exact) mass is 332 g/mol. The van der Waals surface area contributed by atoms with Crippen molar-refractivity contribution in [2.24, 2.45) is 0 Å². The average Bonchev–Trinajstić information content (AvgIpc) is 3.08. The molecule has 0 bridgehead atoms. The molecule has 2 rings (SSSR count). The van der Waals surface area contributed by atoms with Crippen molar-refractivity contribution in [1.29, 1.82) is 0 Å². The van der Waals surface area contributed by atoms with Crippen LogP contribution >= 0.6 is 11.3 Å². The first-order valence-electron chi connectivity index (χ1n) is 7.23. The molecule has 23 heavy (non-hydrogen) atoms. The van der Waals surface area contributed by atoms with Crippen LogP contribution in [0.2, 0.25) is 0 Å². The number of anilines is 1. The molecule has 1 aromatic heterocycles. The van der Waals surface area contributed by atoms with Crippen LogP contribution in [0.1, 0.15) is 28.2 Å². The standard InChI is InChI=1S/C17H20N2O3S/c1-12(15-9-6-10-23-15)19(2)11-16(20)18-14-8-5-4-7-13(14)17(21)22-3/h4-10,12H,11H2,1-3H3,(H,18,20)/t12-/m1/s1. The molecule has 122 valence electrons. The van der Waals surface area contributed by atoms with Crippen molar-refractivity contribution >= 4 is 28.9 Å². The van der Waals surface area contributed by atoms with Gasteiger partial charge in [-0.15, -0.1) is 11.3 Å². The van der Waals surface area contributed by atoms with E-state index in [9.17, 15) is 9.59 Å². The van der Waals surface area contributed by atoms with E-state index in [1.807, 2.05) is 23.4 Å². The molecule has 0 saturated heterocycles. The molecule has 1 heterocycles. The quantitative estimate of drug-likeness (QED) is 0.826. The molecule has 0 unspecified atom stereocenters. The molecular weight excluding hydrogens is 312 g/mol. The van der Waals surface area contributed by atoms with E-state index < -0.39 is 5.97 Å². The fourth-order valence-electron chi connectivity index (χ4n) is 2.18. The minimum absolute atomic E-state index is 0.150. The number of para-hydroxylation sites is 1. The zero-order valence-electron chi connectivity index (χ0n) is 13.4. The first-order valence-corrected chi connectivity index (χ1v) is 8.11. The van der Waals surface area contributed by atoms with E-state index in [4.69, 9.17) is 4.74 Å². The first-order chi connectivity index (χ1) is 11.0. The summed E-state index contributed by atoms with van der Waals surface area (Å²) in [7, 11) is 3.22. The molecule has 0 radical (unpaired) electrons. The van der Waals surface area contributed by atoms with E-state index in [1.54, 1.807) is 35.6 Å². The third-order valence-electron chi connectivity index (χ3n) is 3.62. The summed E-state index contributed by atoms with van der Waals surface area (Å²) in [6.07, 6.45) is 0. The van der Waals surface area contributed by atoms with Gasteiger partial charge in [0.15, 0.2) is 0 Å². The van der Waals surface area contributed by atoms with Crippen LogP contribution in [0.25, 0.3) is 0 Å². The molecule has 0 spiro atoms. The largest absolute Gasteiger partial charge is 0.465 e. The van der Waals surface area contributed by atoms with Gasteiger partial charge in [-0.3, -0.25) is 9.69 Å². The topological polar surface area (TPSA) is 58.6 Å². The number of hydrogen-bond donors (Lipinski definition) is 1. The van der Waals surface area contributed by atoms with Crippen LogP contribution in [-0.2, 0) is 9.53 Å². The second-order valence-corrected chi connectivity index (χ2v) is 6.17. The lowest BCUT2D eigenvalue weighted by Gasteiger charge is -2.23. The normalized spacial score (nSPS) is 12.0. The summed E-state index contributed by atoms with van der Waals surface area (Å²) in [5, 5.41) is 4.80. The molecule has 1 amide bonds. The lowest BCUT2D eigenvalue weighted by Crippen LogP contribution is -2.32. The highest BCUT2D eigenvalue weighted by Gasteiger charge is 2.17. The number of methoxy groups -OCH3 is 1. The van der Waals surface area contributed by atoms with Crippen molar-refractivity contribution < 1.29 is 14.3 Å². The molecule has 0 saturated carbocycles. The Bertz CT molecular complexity index is 670. The van der Waals surface area contributed by atoms with E-state index in [0.29, 0.717) is 11.3 Å². The zero-order chi connectivity index (χ0) is 16.8. The van der Waals surface area contributed by atoms with Gasteiger partial charge in [-0.1, -0.05) is 18.2 Å². The van der Waals surface area contributed by atoms with Crippen LogP contribution in [0.4, 0.5) is 5.69 Å². The zero-order valence-corrected chi connectivity index (χ0v) is 14.2. The SMILES string of the molecule is COC(=O)c1ccccc1NC(=O)CN(C)[C@H](C)c1cccs1. The molecule has 1 N–H and O–H groups in total. The number of likely N-dealkylation sites (N-methyl/N-ethyl adjacent to an activating group) is 1. The van der Waals surface area contributed by atoms with E-state index in [0.717, 1.165) is 0 Å². The Balaban J connectivity index is 2.01. The summed E-state index contributed by atoms with van der Waals surface area (Å²) in [5.41, 5.74) is 0.804. The van der Waals surface area contributed by atoms with E-state index in [-0.39, 0.29) is 18.5 Å². The summed E-state index contributed by atoms with van der Waals surface area (Å²) in [4.78, 5) is 27.1. The fraction of sp³-hybridized carbons (Fsp3) is 0.294. The fourth-order valence-corrected chi connectivity index (χ4v) is 3.03. The van der Waals surface area contributed by atoms with Gasteiger partial charge in [0.2, 0.25) is 5.91 Å². The molecule has 0 aliphatic carbocycles. The van der Waals surface area contributed by atoms with Crippen LogP contribution in [-0.4, -0.2) is 37.5 Å². The number of benzene rings is 1. The molecule has 0 aliphatic rings. The predicted molar refractivity (Wildman–Crippen MR) is 91.8 cm³/mol. The minimum Gasteiger partial charge on any atom is -0.465 e. The Hall–Kier alpha value is -2.18. The number of rotatable bonds is 6. The summed E-state index contributed by atoms with van der Waals surface area (Å²) >= 11 is 1.67. The second kappa shape index (κ2) is 7.89. The summed E-state index contributed by atoms with van der Waals surface area (Å²) < 4.78 is 4.73. The minimum atomic E-state index is -0.471. The van der Waals surface area contributed by atoms with Crippen LogP contribution in [0.3, 0.4) is 0 Å². The molecule has 6 heteroatoms. The Morgan fingerprint density at radius 1 is 1.26 bits per heavy atom. The van der Waals surface area contributed by atoms with Gasteiger partial charge in [-0.25, -0.2) is 4.79 Å². The predicted octanol–water partition coefficient (Wildman–Crippen LogP) is 3.17. The molecule has 1 atom stereocenters. The smallest absolute Gasteiger partial charge is 0.339 e. The average molecular weight is 332 g/mol. The van der Waals surface area contributed by atoms with Crippen LogP contribution in [0, 0.1) is 0 Å². The first kappa shape index (κ1) is 17.2. The highest BCUT2D eigenvalue weighted by molar-refractivity contribution is 7.10. The van der Waals surface area contributed by atoms with Gasteiger partial charge < -0.3 is 10.1 Å². The molecule has 1 aromatic carbocycles. The number of thiophene rings is 1. The molecular formula is C17H20N2O3S. The second-order valence-electron chi connectivity index (χ2n) is 5.19. The maximum atomic E-state index is 12.3. The number of carbonyl (C=O) groups is 2. The van der Waals surface area contributed by atoms with Crippen LogP contribution in [0.5, 0.6) is 0 Å². The Morgan fingerprint density at radius 2 is 2.00 bits per heavy atom. The van der Waals surface area contributed by atoms with Crippen LogP contribution in [0.15, 0.2) is 41.8 Å². The van der Waals surface area contributed by atoms with Crippen molar-refractivity contribution in [1.82, 2.24) is 4.90 Å². The molecule has 5 nitrogen and oxygen atoms in total. The Labute approximate surface area is 139 Å². The molecule has 0 fully saturated rings. The lowest BCUT2D eigenvalue weighted by atomic mass is 10.1. The maximum absolute atomic E-state index is 12.3. The third kappa shape index (κ3) is 4.40. The van der Waals surface area contributed by atoms with Crippen LogP contribution < -0.4 is 5.32 Å². The highest BCUT2D eigenvalue weighted by Crippen LogP contribution is 2.23.